The summed E-state index contributed by atoms with van der Waals surface area (Å²) < 4.78 is 45.4. The third-order valence-electron chi connectivity index (χ3n) is 2.71. The molecule has 3 nitrogen and oxygen atoms in total. The topological polar surface area (TPSA) is 30.5 Å². The Labute approximate surface area is 99.7 Å². The first-order valence-electron chi connectivity index (χ1n) is 5.90. The van der Waals surface area contributed by atoms with Crippen molar-refractivity contribution in [3.63, 3.8) is 0 Å². The first-order valence-corrected chi connectivity index (χ1v) is 5.90. The first kappa shape index (κ1) is 14.7. The molecule has 1 aliphatic heterocycles. The summed E-state index contributed by atoms with van der Waals surface area (Å²) in [6.45, 7) is 3.19. The fourth-order valence-electron chi connectivity index (χ4n) is 1.82. The Morgan fingerprint density at radius 2 is 2.06 bits per heavy atom. The Morgan fingerprint density at radius 3 is 2.65 bits per heavy atom. The van der Waals surface area contributed by atoms with Gasteiger partial charge in [0.05, 0.1) is 5.60 Å². The van der Waals surface area contributed by atoms with Crippen molar-refractivity contribution in [3.05, 3.63) is 0 Å². The highest BCUT2D eigenvalue weighted by Crippen LogP contribution is 2.20. The summed E-state index contributed by atoms with van der Waals surface area (Å²) in [7, 11) is 0. The number of halogens is 3. The second kappa shape index (κ2) is 6.56. The molecule has 0 spiro atoms. The molecule has 1 rings (SSSR count). The molecule has 17 heavy (non-hydrogen) atoms. The van der Waals surface area contributed by atoms with Crippen molar-refractivity contribution < 1.29 is 22.6 Å². The third-order valence-corrected chi connectivity index (χ3v) is 2.71. The molecule has 0 bridgehead atoms. The van der Waals surface area contributed by atoms with Gasteiger partial charge in [-0.25, -0.2) is 0 Å². The standard InChI is InChI=1S/C11H20F3NO2/c1-10(4-2-5-15-8-10)17-7-3-6-16-9-11(12,13)14/h15H,2-9H2,1H3. The predicted molar refractivity (Wildman–Crippen MR) is 58.0 cm³/mol. The van der Waals surface area contributed by atoms with Crippen LogP contribution in [0.1, 0.15) is 26.2 Å². The van der Waals surface area contributed by atoms with Gasteiger partial charge in [0.2, 0.25) is 0 Å². The quantitative estimate of drug-likeness (QED) is 0.737. The van der Waals surface area contributed by atoms with Crippen LogP contribution in [-0.4, -0.2) is 44.7 Å². The molecule has 6 heteroatoms. The maximum absolute atomic E-state index is 11.8. The van der Waals surface area contributed by atoms with E-state index in [9.17, 15) is 13.2 Å². The number of alkyl halides is 3. The Hall–Kier alpha value is -0.330. The maximum Gasteiger partial charge on any atom is 0.411 e. The van der Waals surface area contributed by atoms with Gasteiger partial charge in [-0.05, 0) is 32.7 Å². The summed E-state index contributed by atoms with van der Waals surface area (Å²) in [4.78, 5) is 0. The molecule has 0 aromatic carbocycles. The number of ether oxygens (including phenoxy) is 2. The lowest BCUT2D eigenvalue weighted by atomic mass is 9.96. The van der Waals surface area contributed by atoms with E-state index in [1.165, 1.54) is 0 Å². The maximum atomic E-state index is 11.8. The molecule has 0 saturated carbocycles. The van der Waals surface area contributed by atoms with Gasteiger partial charge in [0, 0.05) is 19.8 Å². The summed E-state index contributed by atoms with van der Waals surface area (Å²) in [5.41, 5.74) is -0.178. The summed E-state index contributed by atoms with van der Waals surface area (Å²) in [5, 5.41) is 3.24. The Morgan fingerprint density at radius 1 is 1.29 bits per heavy atom. The van der Waals surface area contributed by atoms with Crippen molar-refractivity contribution in [1.82, 2.24) is 5.32 Å². The molecular weight excluding hydrogens is 235 g/mol. The van der Waals surface area contributed by atoms with Gasteiger partial charge in [-0.2, -0.15) is 13.2 Å². The van der Waals surface area contributed by atoms with E-state index in [0.717, 1.165) is 25.9 Å². The van der Waals surface area contributed by atoms with E-state index in [1.54, 1.807) is 0 Å². The molecule has 0 amide bonds. The van der Waals surface area contributed by atoms with Crippen LogP contribution < -0.4 is 5.32 Å². The molecule has 0 aromatic rings. The second-order valence-corrected chi connectivity index (χ2v) is 4.60. The molecule has 1 fully saturated rings. The monoisotopic (exact) mass is 255 g/mol. The minimum absolute atomic E-state index is 0.0863. The van der Waals surface area contributed by atoms with E-state index in [2.05, 4.69) is 10.1 Å². The lowest BCUT2D eigenvalue weighted by Crippen LogP contribution is -2.45. The molecule has 0 aromatic heterocycles. The molecule has 1 unspecified atom stereocenters. The van der Waals surface area contributed by atoms with Crippen molar-refractivity contribution in [2.24, 2.45) is 0 Å². The molecule has 1 N–H and O–H groups in total. The van der Waals surface area contributed by atoms with Crippen LogP contribution in [0.3, 0.4) is 0 Å². The molecule has 1 atom stereocenters. The van der Waals surface area contributed by atoms with Crippen molar-refractivity contribution in [3.8, 4) is 0 Å². The fourth-order valence-corrected chi connectivity index (χ4v) is 1.82. The van der Waals surface area contributed by atoms with E-state index in [0.29, 0.717) is 13.0 Å². The highest BCUT2D eigenvalue weighted by atomic mass is 19.4. The van der Waals surface area contributed by atoms with Crippen molar-refractivity contribution >= 4 is 0 Å². The van der Waals surface area contributed by atoms with Crippen LogP contribution in [-0.2, 0) is 9.47 Å². The third kappa shape index (κ3) is 6.85. The highest BCUT2D eigenvalue weighted by Gasteiger charge is 2.28. The minimum Gasteiger partial charge on any atom is -0.374 e. The molecule has 0 aliphatic carbocycles. The molecular formula is C11H20F3NO2. The summed E-state index contributed by atoms with van der Waals surface area (Å²) in [6, 6.07) is 0. The first-order chi connectivity index (χ1) is 7.91. The molecule has 102 valence electrons. The molecule has 1 saturated heterocycles. The van der Waals surface area contributed by atoms with Gasteiger partial charge in [-0.3, -0.25) is 0 Å². The Balaban J connectivity index is 2.00. The fraction of sp³-hybridized carbons (Fsp3) is 1.00. The number of nitrogens with one attached hydrogen (secondary N) is 1. The van der Waals surface area contributed by atoms with E-state index >= 15 is 0 Å². The highest BCUT2D eigenvalue weighted by molar-refractivity contribution is 4.82. The van der Waals surface area contributed by atoms with Crippen LogP contribution in [0.15, 0.2) is 0 Å². The Bertz CT molecular complexity index is 215. The zero-order valence-electron chi connectivity index (χ0n) is 10.1. The normalized spacial score (nSPS) is 26.1. The van der Waals surface area contributed by atoms with Gasteiger partial charge in [-0.1, -0.05) is 0 Å². The number of hydrogen-bond acceptors (Lipinski definition) is 3. The van der Waals surface area contributed by atoms with Crippen LogP contribution in [0, 0.1) is 0 Å². The van der Waals surface area contributed by atoms with Gasteiger partial charge in [-0.15, -0.1) is 0 Å². The lowest BCUT2D eigenvalue weighted by molar-refractivity contribution is -0.175. The van der Waals surface area contributed by atoms with Gasteiger partial charge < -0.3 is 14.8 Å². The number of rotatable bonds is 6. The molecule has 1 aliphatic rings. The van der Waals surface area contributed by atoms with Crippen LogP contribution >= 0.6 is 0 Å². The van der Waals surface area contributed by atoms with Crippen LogP contribution in [0.4, 0.5) is 13.2 Å². The van der Waals surface area contributed by atoms with Gasteiger partial charge >= 0.3 is 6.18 Å². The Kier molecular flexibility index (Phi) is 5.69. The van der Waals surface area contributed by atoms with Gasteiger partial charge in [0.25, 0.3) is 0 Å². The van der Waals surface area contributed by atoms with Crippen molar-refractivity contribution in [2.75, 3.05) is 32.9 Å². The zero-order chi connectivity index (χ0) is 12.8. The van der Waals surface area contributed by atoms with Crippen LogP contribution in [0.25, 0.3) is 0 Å². The number of hydrogen-bond donors (Lipinski definition) is 1. The predicted octanol–water partition coefficient (Wildman–Crippen LogP) is 2.11. The SMILES string of the molecule is CC1(OCCCOCC(F)(F)F)CCCNC1. The summed E-state index contributed by atoms with van der Waals surface area (Å²) >= 11 is 0. The molecule has 0 radical (unpaired) electrons. The zero-order valence-corrected chi connectivity index (χ0v) is 10.1. The van der Waals surface area contributed by atoms with Gasteiger partial charge in [0.15, 0.2) is 0 Å². The van der Waals surface area contributed by atoms with E-state index in [1.807, 2.05) is 6.92 Å². The summed E-state index contributed by atoms with van der Waals surface area (Å²) in [5.74, 6) is 0. The lowest BCUT2D eigenvalue weighted by Gasteiger charge is -2.34. The van der Waals surface area contributed by atoms with E-state index < -0.39 is 12.8 Å². The van der Waals surface area contributed by atoms with E-state index in [-0.39, 0.29) is 12.2 Å². The second-order valence-electron chi connectivity index (χ2n) is 4.60. The van der Waals surface area contributed by atoms with Gasteiger partial charge in [0.1, 0.15) is 6.61 Å². The smallest absolute Gasteiger partial charge is 0.374 e. The summed E-state index contributed by atoms with van der Waals surface area (Å²) in [6.07, 6.45) is -1.68. The van der Waals surface area contributed by atoms with Crippen LogP contribution in [0.2, 0.25) is 0 Å². The van der Waals surface area contributed by atoms with Crippen molar-refractivity contribution in [1.29, 1.82) is 0 Å². The van der Waals surface area contributed by atoms with Crippen LogP contribution in [0.5, 0.6) is 0 Å². The minimum atomic E-state index is -4.24. The molecule has 1 heterocycles. The van der Waals surface area contributed by atoms with E-state index in [4.69, 9.17) is 4.74 Å². The van der Waals surface area contributed by atoms with Crippen molar-refractivity contribution in [2.45, 2.75) is 38.0 Å². The average Bonchev–Trinajstić information content (AvgIpc) is 2.23. The largest absolute Gasteiger partial charge is 0.411 e. The number of piperidine rings is 1. The average molecular weight is 255 g/mol.